The van der Waals surface area contributed by atoms with E-state index in [9.17, 15) is 9.90 Å². The highest BCUT2D eigenvalue weighted by Crippen LogP contribution is 2.27. The monoisotopic (exact) mass is 381 g/mol. The molecule has 138 valence electrons. The normalized spacial score (nSPS) is 12.7. The molecule has 0 aliphatic rings. The number of thioether (sulfide) groups is 1. The number of aryl methyl sites for hydroxylation is 1. The van der Waals surface area contributed by atoms with Gasteiger partial charge in [0.25, 0.3) is 0 Å². The molecule has 0 saturated heterocycles. The maximum Gasteiger partial charge on any atom is 0.234 e. The maximum atomic E-state index is 13.0. The van der Waals surface area contributed by atoms with Gasteiger partial charge in [-0.05, 0) is 36.8 Å². The molecule has 2 heterocycles. The lowest BCUT2D eigenvalue weighted by molar-refractivity contribution is 0.101. The molecule has 0 bridgehead atoms. The molecule has 0 radical (unpaired) electrons. The molecule has 0 saturated carbocycles. The van der Waals surface area contributed by atoms with Gasteiger partial charge in [-0.15, -0.1) is 11.8 Å². The van der Waals surface area contributed by atoms with E-state index in [0.29, 0.717) is 10.8 Å². The van der Waals surface area contributed by atoms with Gasteiger partial charge in [0.15, 0.2) is 17.3 Å². The van der Waals surface area contributed by atoms with Crippen molar-refractivity contribution in [2.45, 2.75) is 12.7 Å². The Morgan fingerprint density at radius 3 is 2.37 bits per heavy atom. The highest BCUT2D eigenvalue weighted by Gasteiger charge is 2.26. The lowest BCUT2D eigenvalue weighted by atomic mass is 10.1. The van der Waals surface area contributed by atoms with E-state index in [1.807, 2.05) is 25.1 Å². The summed E-state index contributed by atoms with van der Waals surface area (Å²) in [6, 6.07) is 14.5. The third kappa shape index (κ3) is 4.41. The predicted molar refractivity (Wildman–Crippen MR) is 107 cm³/mol. The number of carbonyl (C=O) groups is 1. The van der Waals surface area contributed by atoms with Crippen LogP contribution in [0.3, 0.4) is 0 Å². The van der Waals surface area contributed by atoms with Crippen LogP contribution in [0.15, 0.2) is 80.5 Å². The highest BCUT2D eigenvalue weighted by molar-refractivity contribution is 8.13. The van der Waals surface area contributed by atoms with Gasteiger partial charge in [0.1, 0.15) is 10.6 Å². The maximum absolute atomic E-state index is 13.0. The smallest absolute Gasteiger partial charge is 0.234 e. The molecule has 6 heteroatoms. The summed E-state index contributed by atoms with van der Waals surface area (Å²) in [7, 11) is 1.59. The van der Waals surface area contributed by atoms with Gasteiger partial charge in [-0.25, -0.2) is 0 Å². The van der Waals surface area contributed by atoms with Crippen molar-refractivity contribution in [2.75, 3.05) is 7.05 Å². The van der Waals surface area contributed by atoms with Crippen LogP contribution in [0.1, 0.15) is 27.4 Å². The van der Waals surface area contributed by atoms with Gasteiger partial charge < -0.3 is 13.9 Å². The molecule has 0 spiro atoms. The minimum absolute atomic E-state index is 0.0556. The SMILES string of the molecule is CN=C(SCc1cccc(C)c1)/C(C(=O)c1ccco1)=C(\O)c1ccco1. The molecular weight excluding hydrogens is 362 g/mol. The van der Waals surface area contributed by atoms with Gasteiger partial charge in [-0.2, -0.15) is 0 Å². The molecule has 5 nitrogen and oxygen atoms in total. The number of aliphatic imine (C=N–C) groups is 1. The van der Waals surface area contributed by atoms with E-state index in [-0.39, 0.29) is 22.9 Å². The zero-order chi connectivity index (χ0) is 19.2. The van der Waals surface area contributed by atoms with Crippen molar-refractivity contribution in [1.29, 1.82) is 0 Å². The summed E-state index contributed by atoms with van der Waals surface area (Å²) in [5, 5.41) is 11.1. The quantitative estimate of drug-likeness (QED) is 0.206. The summed E-state index contributed by atoms with van der Waals surface area (Å²) in [5.41, 5.74) is 2.31. The van der Waals surface area contributed by atoms with Gasteiger partial charge in [-0.1, -0.05) is 29.8 Å². The zero-order valence-corrected chi connectivity index (χ0v) is 15.8. The van der Waals surface area contributed by atoms with Gasteiger partial charge in [0.05, 0.1) is 12.5 Å². The predicted octanol–water partition coefficient (Wildman–Crippen LogP) is 5.29. The second-order valence-electron chi connectivity index (χ2n) is 5.81. The van der Waals surface area contributed by atoms with Crippen LogP contribution in [0, 0.1) is 6.92 Å². The summed E-state index contributed by atoms with van der Waals surface area (Å²) in [5.74, 6) is 0.210. The largest absolute Gasteiger partial charge is 0.504 e. The second kappa shape index (κ2) is 8.60. The summed E-state index contributed by atoms with van der Waals surface area (Å²) < 4.78 is 10.5. The topological polar surface area (TPSA) is 75.9 Å². The number of Topliss-reactive ketones (excluding diaryl/α,β-unsaturated/α-hetero) is 1. The van der Waals surface area contributed by atoms with Crippen molar-refractivity contribution in [1.82, 2.24) is 0 Å². The number of nitrogens with zero attached hydrogens (tertiary/aromatic N) is 1. The first kappa shape index (κ1) is 18.8. The second-order valence-corrected chi connectivity index (χ2v) is 6.78. The van der Waals surface area contributed by atoms with Crippen molar-refractivity contribution in [3.05, 3.63) is 89.3 Å². The molecule has 1 aromatic carbocycles. The van der Waals surface area contributed by atoms with Gasteiger partial charge in [0, 0.05) is 12.8 Å². The third-order valence-electron chi connectivity index (χ3n) is 3.84. The van der Waals surface area contributed by atoms with Crippen molar-refractivity contribution in [3.8, 4) is 0 Å². The van der Waals surface area contributed by atoms with Crippen LogP contribution in [0.4, 0.5) is 0 Å². The molecule has 2 aromatic heterocycles. The van der Waals surface area contributed by atoms with E-state index in [4.69, 9.17) is 8.83 Å². The molecular formula is C21H19NO4S. The Morgan fingerprint density at radius 1 is 1.07 bits per heavy atom. The van der Waals surface area contributed by atoms with Crippen molar-refractivity contribution in [3.63, 3.8) is 0 Å². The van der Waals surface area contributed by atoms with E-state index >= 15 is 0 Å². The zero-order valence-electron chi connectivity index (χ0n) is 15.0. The van der Waals surface area contributed by atoms with Crippen molar-refractivity contribution < 1.29 is 18.7 Å². The molecule has 1 N–H and O–H groups in total. The fourth-order valence-electron chi connectivity index (χ4n) is 2.58. The highest BCUT2D eigenvalue weighted by atomic mass is 32.2. The molecule has 0 amide bonds. The van der Waals surface area contributed by atoms with E-state index < -0.39 is 5.78 Å². The number of aliphatic hydroxyl groups excluding tert-OH is 1. The molecule has 27 heavy (non-hydrogen) atoms. The minimum Gasteiger partial charge on any atom is -0.504 e. The summed E-state index contributed by atoms with van der Waals surface area (Å²) in [4.78, 5) is 17.2. The number of furan rings is 2. The molecule has 3 rings (SSSR count). The number of hydrogen-bond acceptors (Lipinski definition) is 6. The van der Waals surface area contributed by atoms with Crippen LogP contribution in [-0.2, 0) is 5.75 Å². The van der Waals surface area contributed by atoms with Gasteiger partial charge in [-0.3, -0.25) is 9.79 Å². The first-order chi connectivity index (χ1) is 13.1. The van der Waals surface area contributed by atoms with Crippen LogP contribution in [0.25, 0.3) is 5.76 Å². The first-order valence-electron chi connectivity index (χ1n) is 8.31. The Labute approximate surface area is 161 Å². The lowest BCUT2D eigenvalue weighted by Gasteiger charge is -2.11. The summed E-state index contributed by atoms with van der Waals surface area (Å²) in [6.45, 7) is 2.03. The Morgan fingerprint density at radius 2 is 1.78 bits per heavy atom. The van der Waals surface area contributed by atoms with Crippen LogP contribution in [0.5, 0.6) is 0 Å². The fourth-order valence-corrected chi connectivity index (χ4v) is 3.52. The van der Waals surface area contributed by atoms with Crippen LogP contribution >= 0.6 is 11.8 Å². The third-order valence-corrected chi connectivity index (χ3v) is 4.98. The fraction of sp³-hybridized carbons (Fsp3) is 0.143. The summed E-state index contributed by atoms with van der Waals surface area (Å²) >= 11 is 1.37. The molecule has 0 aliphatic heterocycles. The Balaban J connectivity index is 1.95. The number of carbonyl (C=O) groups excluding carboxylic acids is 1. The van der Waals surface area contributed by atoms with E-state index in [2.05, 4.69) is 11.1 Å². The lowest BCUT2D eigenvalue weighted by Crippen LogP contribution is -2.13. The Hall–Kier alpha value is -2.99. The standard InChI is InChI=1S/C21H19NO4S/c1-14-6-3-7-15(12-14)13-27-21(22-2)18(19(23)16-8-4-10-25-16)20(24)17-9-5-11-26-17/h3-12,23H,13H2,1-2H3/b19-18-,22-21?. The van der Waals surface area contributed by atoms with E-state index in [1.54, 1.807) is 31.3 Å². The minimum atomic E-state index is -0.453. The molecule has 0 aliphatic carbocycles. The van der Waals surface area contributed by atoms with Crippen molar-refractivity contribution >= 4 is 28.3 Å². The molecule has 0 atom stereocenters. The van der Waals surface area contributed by atoms with Gasteiger partial charge >= 0.3 is 0 Å². The number of benzene rings is 1. The van der Waals surface area contributed by atoms with E-state index in [0.717, 1.165) is 11.1 Å². The Kier molecular flexibility index (Phi) is 5.98. The molecule has 0 fully saturated rings. The number of hydrogen-bond donors (Lipinski definition) is 1. The average molecular weight is 381 g/mol. The molecule has 0 unspecified atom stereocenters. The number of ketones is 1. The number of rotatable bonds is 6. The van der Waals surface area contributed by atoms with Crippen LogP contribution in [0.2, 0.25) is 0 Å². The van der Waals surface area contributed by atoms with E-state index in [1.165, 1.54) is 24.3 Å². The average Bonchev–Trinajstić information content (AvgIpc) is 3.38. The first-order valence-corrected chi connectivity index (χ1v) is 9.29. The number of aliphatic hydroxyl groups is 1. The van der Waals surface area contributed by atoms with Crippen LogP contribution < -0.4 is 0 Å². The summed E-state index contributed by atoms with van der Waals surface area (Å²) in [6.07, 6.45) is 2.85. The molecule has 3 aromatic rings. The Bertz CT molecular complexity index is 970. The van der Waals surface area contributed by atoms with Crippen molar-refractivity contribution in [2.24, 2.45) is 4.99 Å². The van der Waals surface area contributed by atoms with Crippen LogP contribution in [-0.4, -0.2) is 23.0 Å². The van der Waals surface area contributed by atoms with Gasteiger partial charge in [0.2, 0.25) is 5.78 Å².